The third kappa shape index (κ3) is 3.15. The summed E-state index contributed by atoms with van der Waals surface area (Å²) in [5.41, 5.74) is 0.989. The highest BCUT2D eigenvalue weighted by atomic mass is 19.1. The van der Waals surface area contributed by atoms with Crippen LogP contribution in [0.4, 0.5) is 10.1 Å². The van der Waals surface area contributed by atoms with E-state index in [1.165, 1.54) is 11.0 Å². The van der Waals surface area contributed by atoms with Gasteiger partial charge < -0.3 is 14.2 Å². The van der Waals surface area contributed by atoms with E-state index in [9.17, 15) is 14.0 Å². The van der Waals surface area contributed by atoms with Gasteiger partial charge in [0.25, 0.3) is 0 Å². The van der Waals surface area contributed by atoms with Crippen LogP contribution in [0.2, 0.25) is 0 Å². The lowest BCUT2D eigenvalue weighted by molar-refractivity contribution is -0.136. The van der Waals surface area contributed by atoms with E-state index >= 15 is 0 Å². The topological polar surface area (TPSA) is 53.8 Å². The number of furan rings is 1. The van der Waals surface area contributed by atoms with Crippen molar-refractivity contribution in [2.75, 3.05) is 18.5 Å². The fourth-order valence-corrected chi connectivity index (χ4v) is 3.65. The molecular weight excluding hydrogens is 359 g/mol. The minimum absolute atomic E-state index is 0.0738. The summed E-state index contributed by atoms with van der Waals surface area (Å²) >= 11 is 0. The summed E-state index contributed by atoms with van der Waals surface area (Å²) in [4.78, 5) is 28.3. The van der Waals surface area contributed by atoms with Crippen molar-refractivity contribution in [1.29, 1.82) is 0 Å². The molecule has 0 saturated carbocycles. The molecule has 1 aliphatic rings. The van der Waals surface area contributed by atoms with Gasteiger partial charge in [-0.05, 0) is 31.2 Å². The Hall–Kier alpha value is -3.15. The van der Waals surface area contributed by atoms with Crippen LogP contribution in [0.5, 0.6) is 0 Å². The van der Waals surface area contributed by atoms with E-state index in [1.54, 1.807) is 30.1 Å². The molecule has 6 heteroatoms. The fourth-order valence-electron chi connectivity index (χ4n) is 3.65. The van der Waals surface area contributed by atoms with E-state index in [0.717, 1.165) is 11.0 Å². The SMILES string of the molecule is C[C@@H](c1cc2ccccc2o1)N(C)C(=O)[C@@H]1CC(=O)N(c2ccccc2F)C1. The normalized spacial score (nSPS) is 17.9. The summed E-state index contributed by atoms with van der Waals surface area (Å²) < 4.78 is 19.9. The first kappa shape index (κ1) is 18.2. The number of rotatable bonds is 4. The van der Waals surface area contributed by atoms with Gasteiger partial charge in [0.05, 0.1) is 17.6 Å². The van der Waals surface area contributed by atoms with Crippen molar-refractivity contribution in [3.63, 3.8) is 0 Å². The number of benzene rings is 2. The first-order valence-electron chi connectivity index (χ1n) is 9.25. The number of anilines is 1. The molecule has 0 N–H and O–H groups in total. The molecule has 0 unspecified atom stereocenters. The van der Waals surface area contributed by atoms with Crippen LogP contribution in [0.3, 0.4) is 0 Å². The number of fused-ring (bicyclic) bond motifs is 1. The standard InChI is InChI=1S/C22H21FN2O3/c1-14(20-11-15-7-3-6-10-19(15)28-20)24(2)22(27)16-12-21(26)25(13-16)18-9-5-4-8-17(18)23/h3-11,14,16H,12-13H2,1-2H3/t14-,16+/m0/s1. The Morgan fingerprint density at radius 2 is 1.93 bits per heavy atom. The van der Waals surface area contributed by atoms with E-state index in [1.807, 2.05) is 37.3 Å². The Morgan fingerprint density at radius 1 is 1.21 bits per heavy atom. The Morgan fingerprint density at radius 3 is 2.68 bits per heavy atom. The van der Waals surface area contributed by atoms with Crippen LogP contribution in [0.1, 0.15) is 25.1 Å². The predicted octanol–water partition coefficient (Wildman–Crippen LogP) is 4.14. The van der Waals surface area contributed by atoms with Gasteiger partial charge in [-0.3, -0.25) is 9.59 Å². The molecule has 2 atom stereocenters. The summed E-state index contributed by atoms with van der Waals surface area (Å²) in [6.45, 7) is 2.07. The summed E-state index contributed by atoms with van der Waals surface area (Å²) in [5, 5.41) is 0.979. The van der Waals surface area contributed by atoms with Crippen LogP contribution in [-0.4, -0.2) is 30.3 Å². The molecule has 1 aromatic heterocycles. The molecule has 0 aliphatic carbocycles. The Balaban J connectivity index is 1.51. The van der Waals surface area contributed by atoms with Crippen molar-refractivity contribution < 1.29 is 18.4 Å². The first-order valence-corrected chi connectivity index (χ1v) is 9.25. The van der Waals surface area contributed by atoms with E-state index in [4.69, 9.17) is 4.42 Å². The lowest BCUT2D eigenvalue weighted by Gasteiger charge is -2.26. The molecule has 0 bridgehead atoms. The van der Waals surface area contributed by atoms with Crippen molar-refractivity contribution >= 4 is 28.5 Å². The third-order valence-electron chi connectivity index (χ3n) is 5.40. The maximum absolute atomic E-state index is 14.1. The molecule has 0 radical (unpaired) electrons. The number of hydrogen-bond acceptors (Lipinski definition) is 3. The van der Waals surface area contributed by atoms with Gasteiger partial charge in [0.2, 0.25) is 11.8 Å². The molecule has 2 amide bonds. The fraction of sp³-hybridized carbons (Fsp3) is 0.273. The minimum Gasteiger partial charge on any atom is -0.459 e. The van der Waals surface area contributed by atoms with E-state index < -0.39 is 11.7 Å². The summed E-state index contributed by atoms with van der Waals surface area (Å²) in [6, 6.07) is 15.4. The van der Waals surface area contributed by atoms with Crippen molar-refractivity contribution in [3.8, 4) is 0 Å². The lowest BCUT2D eigenvalue weighted by atomic mass is 10.1. The minimum atomic E-state index is -0.510. The number of hydrogen-bond donors (Lipinski definition) is 0. The van der Waals surface area contributed by atoms with Gasteiger partial charge in [0, 0.05) is 25.4 Å². The first-order chi connectivity index (χ1) is 13.5. The zero-order valence-electron chi connectivity index (χ0n) is 15.8. The molecule has 4 rings (SSSR count). The van der Waals surface area contributed by atoms with Crippen molar-refractivity contribution in [1.82, 2.24) is 4.90 Å². The van der Waals surface area contributed by atoms with Crippen LogP contribution in [0, 0.1) is 11.7 Å². The van der Waals surface area contributed by atoms with Crippen LogP contribution in [-0.2, 0) is 9.59 Å². The van der Waals surface area contributed by atoms with Crippen molar-refractivity contribution in [2.24, 2.45) is 5.92 Å². The predicted molar refractivity (Wildman–Crippen MR) is 104 cm³/mol. The highest BCUT2D eigenvalue weighted by Gasteiger charge is 2.38. The summed E-state index contributed by atoms with van der Waals surface area (Å²) in [5.74, 6) is -0.683. The van der Waals surface area contributed by atoms with E-state index in [-0.39, 0.29) is 36.5 Å². The Labute approximate surface area is 162 Å². The second-order valence-corrected chi connectivity index (χ2v) is 7.17. The largest absolute Gasteiger partial charge is 0.459 e. The molecule has 1 saturated heterocycles. The van der Waals surface area contributed by atoms with Gasteiger partial charge in [-0.25, -0.2) is 4.39 Å². The summed E-state index contributed by atoms with van der Waals surface area (Å²) in [7, 11) is 1.70. The number of carbonyl (C=O) groups is 2. The van der Waals surface area contributed by atoms with Crippen LogP contribution < -0.4 is 4.90 Å². The molecule has 2 heterocycles. The second-order valence-electron chi connectivity index (χ2n) is 7.17. The molecule has 3 aromatic rings. The molecule has 1 fully saturated rings. The average molecular weight is 380 g/mol. The quantitative estimate of drug-likeness (QED) is 0.683. The van der Waals surface area contributed by atoms with Gasteiger partial charge in [-0.1, -0.05) is 30.3 Å². The van der Waals surface area contributed by atoms with Gasteiger partial charge in [-0.2, -0.15) is 0 Å². The zero-order valence-corrected chi connectivity index (χ0v) is 15.8. The maximum Gasteiger partial charge on any atom is 0.228 e. The number of carbonyl (C=O) groups excluding carboxylic acids is 2. The van der Waals surface area contributed by atoms with Crippen molar-refractivity contribution in [2.45, 2.75) is 19.4 Å². The lowest BCUT2D eigenvalue weighted by Crippen LogP contribution is -2.36. The monoisotopic (exact) mass is 380 g/mol. The number of para-hydroxylation sites is 2. The zero-order chi connectivity index (χ0) is 19.8. The number of nitrogens with zero attached hydrogens (tertiary/aromatic N) is 2. The number of amides is 2. The van der Waals surface area contributed by atoms with Gasteiger partial charge in [-0.15, -0.1) is 0 Å². The van der Waals surface area contributed by atoms with Crippen LogP contribution in [0.15, 0.2) is 59.0 Å². The molecule has 144 valence electrons. The molecule has 1 aliphatic heterocycles. The average Bonchev–Trinajstić information content (AvgIpc) is 3.30. The molecule has 5 nitrogen and oxygen atoms in total. The Bertz CT molecular complexity index is 1010. The Kier molecular flexibility index (Phi) is 4.63. The number of halogens is 1. The highest BCUT2D eigenvalue weighted by Crippen LogP contribution is 2.31. The molecule has 0 spiro atoms. The molecular formula is C22H21FN2O3. The van der Waals surface area contributed by atoms with Gasteiger partial charge in [0.1, 0.15) is 17.2 Å². The second kappa shape index (κ2) is 7.11. The van der Waals surface area contributed by atoms with Crippen LogP contribution in [0.25, 0.3) is 11.0 Å². The molecule has 28 heavy (non-hydrogen) atoms. The van der Waals surface area contributed by atoms with E-state index in [2.05, 4.69) is 0 Å². The van der Waals surface area contributed by atoms with E-state index in [0.29, 0.717) is 5.76 Å². The van der Waals surface area contributed by atoms with Gasteiger partial charge in [0.15, 0.2) is 0 Å². The van der Waals surface area contributed by atoms with Crippen molar-refractivity contribution in [3.05, 3.63) is 66.2 Å². The maximum atomic E-state index is 14.1. The summed E-state index contributed by atoms with van der Waals surface area (Å²) in [6.07, 6.45) is 0.0738. The van der Waals surface area contributed by atoms with Gasteiger partial charge >= 0.3 is 0 Å². The third-order valence-corrected chi connectivity index (χ3v) is 5.40. The van der Waals surface area contributed by atoms with Crippen LogP contribution >= 0.6 is 0 Å². The molecule has 2 aromatic carbocycles. The highest BCUT2D eigenvalue weighted by molar-refractivity contribution is 6.00. The smallest absolute Gasteiger partial charge is 0.228 e.